The van der Waals surface area contributed by atoms with Crippen molar-refractivity contribution in [1.82, 2.24) is 4.98 Å². The lowest BCUT2D eigenvalue weighted by atomic mass is 10.1. The number of nitrogens with zero attached hydrogens (tertiary/aromatic N) is 3. The van der Waals surface area contributed by atoms with Crippen molar-refractivity contribution in [2.45, 2.75) is 18.8 Å². The zero-order valence-electron chi connectivity index (χ0n) is 13.0. The van der Waals surface area contributed by atoms with Crippen molar-refractivity contribution in [3.8, 4) is 0 Å². The Balaban J connectivity index is 1.88. The molecular weight excluding hydrogens is 326 g/mol. The maximum atomic E-state index is 10.7. The highest BCUT2D eigenvalue weighted by atomic mass is 32.2. The van der Waals surface area contributed by atoms with Gasteiger partial charge in [0.1, 0.15) is 6.61 Å². The summed E-state index contributed by atoms with van der Waals surface area (Å²) in [7, 11) is 0. The Morgan fingerprint density at radius 1 is 1.12 bits per heavy atom. The van der Waals surface area contributed by atoms with Crippen molar-refractivity contribution in [2.75, 3.05) is 0 Å². The number of hydrogen-bond donors (Lipinski definition) is 1. The first kappa shape index (κ1) is 17.7. The van der Waals surface area contributed by atoms with Crippen LogP contribution in [0.25, 0.3) is 0 Å². The quantitative estimate of drug-likeness (QED) is 0.474. The Bertz CT molecular complexity index is 703. The van der Waals surface area contributed by atoms with Gasteiger partial charge in [0, 0.05) is 24.9 Å². The van der Waals surface area contributed by atoms with Crippen molar-refractivity contribution in [3.63, 3.8) is 0 Å². The third-order valence-electron chi connectivity index (χ3n) is 3.00. The molecule has 7 heteroatoms. The molecule has 0 aliphatic rings. The molecule has 2 aromatic rings. The Kier molecular flexibility index (Phi) is 6.97. The predicted molar refractivity (Wildman–Crippen MR) is 95.1 cm³/mol. The van der Waals surface area contributed by atoms with Crippen LogP contribution in [0, 0.1) is 0 Å². The Morgan fingerprint density at radius 2 is 1.79 bits per heavy atom. The van der Waals surface area contributed by atoms with Crippen LogP contribution in [0.5, 0.6) is 0 Å². The number of aliphatic carboxylic acids is 1. The normalized spacial score (nSPS) is 11.1. The van der Waals surface area contributed by atoms with Gasteiger partial charge >= 0.3 is 5.97 Å². The molecule has 0 unspecified atom stereocenters. The summed E-state index contributed by atoms with van der Waals surface area (Å²) in [6.45, 7) is 3.73. The van der Waals surface area contributed by atoms with Crippen LogP contribution in [-0.2, 0) is 28.3 Å². The zero-order valence-corrected chi connectivity index (χ0v) is 13.8. The fourth-order valence-electron chi connectivity index (χ4n) is 1.85. The van der Waals surface area contributed by atoms with Gasteiger partial charge in [0.05, 0.1) is 6.42 Å². The molecule has 1 N–H and O–H groups in total. The molecule has 24 heavy (non-hydrogen) atoms. The maximum absolute atomic E-state index is 10.7. The van der Waals surface area contributed by atoms with Gasteiger partial charge in [-0.15, -0.1) is 5.10 Å². The molecular formula is C17H17N3O3S. The standard InChI is InChI=1S/C17H17N3O3S/c1-18-20-17(23-11-14-6-8-19-9-7-14)24-12-15-4-2-13(3-5-15)10-16(21)22/h2-9H,1,10-12H2,(H,21,22)/b20-17+. The summed E-state index contributed by atoms with van der Waals surface area (Å²) in [6, 6.07) is 11.1. The molecule has 0 amide bonds. The molecule has 0 aliphatic heterocycles. The summed E-state index contributed by atoms with van der Waals surface area (Å²) in [5.74, 6) is -0.203. The van der Waals surface area contributed by atoms with E-state index in [0.29, 0.717) is 17.6 Å². The van der Waals surface area contributed by atoms with E-state index in [-0.39, 0.29) is 6.42 Å². The monoisotopic (exact) mass is 343 g/mol. The number of thioether (sulfide) groups is 1. The van der Waals surface area contributed by atoms with Crippen LogP contribution >= 0.6 is 11.8 Å². The van der Waals surface area contributed by atoms with Crippen molar-refractivity contribution >= 4 is 29.7 Å². The van der Waals surface area contributed by atoms with Gasteiger partial charge in [-0.05, 0) is 28.8 Å². The van der Waals surface area contributed by atoms with Gasteiger partial charge in [-0.25, -0.2) is 0 Å². The number of rotatable bonds is 7. The van der Waals surface area contributed by atoms with Crippen LogP contribution in [0.3, 0.4) is 0 Å². The van der Waals surface area contributed by atoms with Crippen molar-refractivity contribution in [2.24, 2.45) is 10.2 Å². The van der Waals surface area contributed by atoms with Gasteiger partial charge in [0.15, 0.2) is 0 Å². The molecule has 1 heterocycles. The summed E-state index contributed by atoms with van der Waals surface area (Å²) < 4.78 is 5.64. The minimum atomic E-state index is -0.840. The minimum Gasteiger partial charge on any atom is -0.481 e. The molecule has 124 valence electrons. The molecule has 0 saturated carbocycles. The zero-order chi connectivity index (χ0) is 17.2. The summed E-state index contributed by atoms with van der Waals surface area (Å²) in [5, 5.41) is 16.6. The molecule has 0 radical (unpaired) electrons. The summed E-state index contributed by atoms with van der Waals surface area (Å²) >= 11 is 1.40. The van der Waals surface area contributed by atoms with E-state index in [1.54, 1.807) is 12.4 Å². The van der Waals surface area contributed by atoms with E-state index >= 15 is 0 Å². The third kappa shape index (κ3) is 6.21. The van der Waals surface area contributed by atoms with E-state index < -0.39 is 5.97 Å². The molecule has 0 saturated heterocycles. The molecule has 1 aromatic carbocycles. The lowest BCUT2D eigenvalue weighted by Crippen LogP contribution is -2.02. The van der Waals surface area contributed by atoms with Crippen molar-refractivity contribution in [1.29, 1.82) is 0 Å². The lowest BCUT2D eigenvalue weighted by Gasteiger charge is -2.08. The second-order valence-corrected chi connectivity index (χ2v) is 5.75. The van der Waals surface area contributed by atoms with Gasteiger partial charge in [-0.2, -0.15) is 5.10 Å². The third-order valence-corrected chi connectivity index (χ3v) is 3.93. The van der Waals surface area contributed by atoms with E-state index in [4.69, 9.17) is 9.84 Å². The van der Waals surface area contributed by atoms with Gasteiger partial charge in [0.2, 0.25) is 0 Å². The van der Waals surface area contributed by atoms with Crippen molar-refractivity contribution in [3.05, 3.63) is 65.5 Å². The van der Waals surface area contributed by atoms with Gasteiger partial charge in [-0.3, -0.25) is 9.78 Å². The molecule has 1 aromatic heterocycles. The first-order valence-corrected chi connectivity index (χ1v) is 8.13. The molecule has 0 aliphatic carbocycles. The average molecular weight is 343 g/mol. The van der Waals surface area contributed by atoms with Crippen LogP contribution in [0.1, 0.15) is 16.7 Å². The van der Waals surface area contributed by atoms with Gasteiger partial charge in [-0.1, -0.05) is 36.0 Å². The number of benzene rings is 1. The van der Waals surface area contributed by atoms with Gasteiger partial charge < -0.3 is 9.84 Å². The van der Waals surface area contributed by atoms with Crippen LogP contribution < -0.4 is 0 Å². The summed E-state index contributed by atoms with van der Waals surface area (Å²) in [6.07, 6.45) is 3.43. The van der Waals surface area contributed by atoms with Crippen LogP contribution in [-0.4, -0.2) is 28.0 Å². The molecule has 0 fully saturated rings. The van der Waals surface area contributed by atoms with Crippen molar-refractivity contribution < 1.29 is 14.6 Å². The predicted octanol–water partition coefficient (Wildman–Crippen LogP) is 3.13. The summed E-state index contributed by atoms with van der Waals surface area (Å²) in [5.41, 5.74) is 2.80. The van der Waals surface area contributed by atoms with E-state index in [2.05, 4.69) is 21.9 Å². The fraction of sp³-hybridized carbons (Fsp3) is 0.176. The SMILES string of the molecule is C=N/N=C(\OCc1ccncc1)SCc1ccc(CC(=O)O)cc1. The number of carboxylic acids is 1. The second-order valence-electron chi connectivity index (χ2n) is 4.83. The Hall–Kier alpha value is -2.67. The second kappa shape index (κ2) is 9.46. The molecule has 2 rings (SSSR count). The first-order chi connectivity index (χ1) is 11.7. The average Bonchev–Trinajstić information content (AvgIpc) is 2.59. The van der Waals surface area contributed by atoms with E-state index in [1.165, 1.54) is 11.8 Å². The Labute approximate surface area is 144 Å². The van der Waals surface area contributed by atoms with Crippen LogP contribution in [0.2, 0.25) is 0 Å². The number of carboxylic acid groups (broad SMARTS) is 1. The maximum Gasteiger partial charge on any atom is 0.307 e. The minimum absolute atomic E-state index is 0.0234. The molecule has 6 nitrogen and oxygen atoms in total. The first-order valence-electron chi connectivity index (χ1n) is 7.15. The Morgan fingerprint density at radius 3 is 2.42 bits per heavy atom. The highest BCUT2D eigenvalue weighted by Crippen LogP contribution is 2.17. The van der Waals surface area contributed by atoms with E-state index in [0.717, 1.165) is 16.7 Å². The molecule has 0 atom stereocenters. The number of ether oxygens (including phenoxy) is 1. The largest absolute Gasteiger partial charge is 0.481 e. The van der Waals surface area contributed by atoms with Gasteiger partial charge in [0.25, 0.3) is 5.23 Å². The smallest absolute Gasteiger partial charge is 0.307 e. The molecule has 0 bridgehead atoms. The topological polar surface area (TPSA) is 84.1 Å². The molecule has 0 spiro atoms. The fourth-order valence-corrected chi connectivity index (χ4v) is 2.59. The van der Waals surface area contributed by atoms with Crippen LogP contribution in [0.4, 0.5) is 0 Å². The van der Waals surface area contributed by atoms with E-state index in [9.17, 15) is 4.79 Å². The highest BCUT2D eigenvalue weighted by molar-refractivity contribution is 8.12. The number of aromatic nitrogens is 1. The number of pyridine rings is 1. The van der Waals surface area contributed by atoms with Crippen LogP contribution in [0.15, 0.2) is 59.0 Å². The lowest BCUT2D eigenvalue weighted by molar-refractivity contribution is -0.136. The van der Waals surface area contributed by atoms with E-state index in [1.807, 2.05) is 36.4 Å². The summed E-state index contributed by atoms with van der Waals surface area (Å²) in [4.78, 5) is 14.6. The highest BCUT2D eigenvalue weighted by Gasteiger charge is 2.05. The number of carbonyl (C=O) groups is 1. The number of hydrogen-bond acceptors (Lipinski definition) is 6.